The smallest absolute Gasteiger partial charge is 0.356 e. The number of nitrogens with one attached hydrogen (secondary N) is 3. The molecule has 26 heavy (non-hydrogen) atoms. The van der Waals surface area contributed by atoms with E-state index in [1.165, 1.54) is 31.3 Å². The Hall–Kier alpha value is -2.05. The molecule has 0 saturated heterocycles. The molecule has 3 N–H and O–H groups in total. The van der Waals surface area contributed by atoms with Crippen LogP contribution in [0.4, 0.5) is 5.69 Å². The quantitative estimate of drug-likeness (QED) is 0.699. The molecule has 0 spiro atoms. The fourth-order valence-corrected chi connectivity index (χ4v) is 4.03. The molecule has 0 aliphatic heterocycles. The summed E-state index contributed by atoms with van der Waals surface area (Å²) in [5, 5.41) is 3.98. The summed E-state index contributed by atoms with van der Waals surface area (Å²) in [7, 11) is 3.36. The number of esters is 1. The van der Waals surface area contributed by atoms with Gasteiger partial charge in [0.15, 0.2) is 6.54 Å². The maximum atomic E-state index is 12.6. The zero-order valence-electron chi connectivity index (χ0n) is 15.2. The summed E-state index contributed by atoms with van der Waals surface area (Å²) in [5.41, 5.74) is 1.28. The molecule has 1 amide bonds. The second-order valence-electron chi connectivity index (χ2n) is 6.94. The third-order valence-electron chi connectivity index (χ3n) is 5.17. The zero-order chi connectivity index (χ0) is 18.7. The summed E-state index contributed by atoms with van der Waals surface area (Å²) in [5.74, 6) is -0.681. The molecule has 1 unspecified atom stereocenters. The van der Waals surface area contributed by atoms with Crippen LogP contribution < -0.4 is 10.2 Å². The summed E-state index contributed by atoms with van der Waals surface area (Å²) < 4.78 is 4.83. The lowest BCUT2D eigenvalue weighted by Gasteiger charge is -2.27. The largest absolute Gasteiger partial charge is 0.464 e. The van der Waals surface area contributed by atoms with Crippen LogP contribution in [0, 0.1) is 0 Å². The van der Waals surface area contributed by atoms with E-state index in [-0.39, 0.29) is 11.6 Å². The van der Waals surface area contributed by atoms with Crippen LogP contribution >= 0.6 is 11.6 Å². The van der Waals surface area contributed by atoms with E-state index in [4.69, 9.17) is 16.3 Å². The van der Waals surface area contributed by atoms with Crippen LogP contribution in [0.15, 0.2) is 18.2 Å². The third-order valence-corrected chi connectivity index (χ3v) is 5.48. The van der Waals surface area contributed by atoms with Crippen molar-refractivity contribution in [3.8, 4) is 0 Å². The summed E-state index contributed by atoms with van der Waals surface area (Å²) in [6.45, 7) is 0.350. The Bertz CT molecular complexity index is 812. The summed E-state index contributed by atoms with van der Waals surface area (Å²) in [6, 6.07) is 5.84. The number of benzene rings is 1. The SMILES string of the molecule is COC(=O)c1[nH]c2cccc(Cl)c2c1NC(=O)C[NH+](C)C1CCCCC1. The Kier molecular flexibility index (Phi) is 5.84. The number of quaternary nitrogens is 1. The van der Waals surface area contributed by atoms with Crippen molar-refractivity contribution in [2.75, 3.05) is 26.0 Å². The molecule has 1 aliphatic rings. The van der Waals surface area contributed by atoms with Gasteiger partial charge in [0.1, 0.15) is 5.69 Å². The molecule has 6 nitrogen and oxygen atoms in total. The number of H-pyrrole nitrogens is 1. The van der Waals surface area contributed by atoms with Crippen LogP contribution in [0.5, 0.6) is 0 Å². The van der Waals surface area contributed by atoms with Gasteiger partial charge < -0.3 is 19.9 Å². The lowest BCUT2D eigenvalue weighted by Crippen LogP contribution is -3.14. The number of aromatic nitrogens is 1. The molecule has 140 valence electrons. The average Bonchev–Trinajstić information content (AvgIpc) is 3.01. The molecular formula is C19H25ClN3O3+. The number of hydrogen-bond acceptors (Lipinski definition) is 3. The molecule has 7 heteroatoms. The second-order valence-corrected chi connectivity index (χ2v) is 7.34. The van der Waals surface area contributed by atoms with Gasteiger partial charge in [-0.3, -0.25) is 4.79 Å². The number of likely N-dealkylation sites (N-methyl/N-ethyl adjacent to an activating group) is 1. The van der Waals surface area contributed by atoms with Gasteiger partial charge in [-0.05, 0) is 37.8 Å². The fraction of sp³-hybridized carbons (Fsp3) is 0.474. The van der Waals surface area contributed by atoms with E-state index in [9.17, 15) is 9.59 Å². The number of rotatable bonds is 5. The highest BCUT2D eigenvalue weighted by atomic mass is 35.5. The molecule has 0 bridgehead atoms. The number of methoxy groups -OCH3 is 1. The Balaban J connectivity index is 1.82. The molecule has 1 atom stereocenters. The van der Waals surface area contributed by atoms with Gasteiger partial charge in [0, 0.05) is 10.9 Å². The van der Waals surface area contributed by atoms with Crippen LogP contribution in [0.25, 0.3) is 10.9 Å². The van der Waals surface area contributed by atoms with Crippen LogP contribution in [-0.2, 0) is 9.53 Å². The number of halogens is 1. The van der Waals surface area contributed by atoms with Gasteiger partial charge in [-0.1, -0.05) is 24.1 Å². The first kappa shape index (κ1) is 18.7. The molecule has 3 rings (SSSR count). The molecule has 1 fully saturated rings. The lowest BCUT2D eigenvalue weighted by molar-refractivity contribution is -0.899. The minimum absolute atomic E-state index is 0.140. The van der Waals surface area contributed by atoms with E-state index in [0.717, 1.165) is 12.8 Å². The number of anilines is 1. The lowest BCUT2D eigenvalue weighted by atomic mass is 9.94. The first-order valence-corrected chi connectivity index (χ1v) is 9.39. The average molecular weight is 379 g/mol. The van der Waals surface area contributed by atoms with Gasteiger partial charge >= 0.3 is 5.97 Å². The zero-order valence-corrected chi connectivity index (χ0v) is 15.9. The van der Waals surface area contributed by atoms with Crippen LogP contribution in [0.3, 0.4) is 0 Å². The third kappa shape index (κ3) is 3.86. The van der Waals surface area contributed by atoms with Crippen molar-refractivity contribution in [3.63, 3.8) is 0 Å². The number of hydrogen-bond donors (Lipinski definition) is 3. The van der Waals surface area contributed by atoms with Crippen molar-refractivity contribution in [1.29, 1.82) is 0 Å². The molecule has 1 aliphatic carbocycles. The van der Waals surface area contributed by atoms with Crippen LogP contribution in [0.1, 0.15) is 42.6 Å². The summed E-state index contributed by atoms with van der Waals surface area (Å²) in [6.07, 6.45) is 6.06. The standard InChI is InChI=1S/C19H24ClN3O3/c1-23(12-7-4-3-5-8-12)11-15(24)22-17-16-13(20)9-6-10-14(16)21-18(17)19(25)26-2/h6,9-10,12,21H,3-5,7-8,11H2,1-2H3,(H,22,24)/p+1. The van der Waals surface area contributed by atoms with Crippen molar-refractivity contribution in [2.24, 2.45) is 0 Å². The van der Waals surface area contributed by atoms with E-state index < -0.39 is 5.97 Å². The summed E-state index contributed by atoms with van der Waals surface area (Å²) >= 11 is 6.31. The van der Waals surface area contributed by atoms with Crippen molar-refractivity contribution in [1.82, 2.24) is 4.98 Å². The fourth-order valence-electron chi connectivity index (χ4n) is 3.76. The maximum Gasteiger partial charge on any atom is 0.356 e. The van der Waals surface area contributed by atoms with Gasteiger partial charge in [-0.25, -0.2) is 4.79 Å². The van der Waals surface area contributed by atoms with Gasteiger partial charge in [-0.2, -0.15) is 0 Å². The Labute approximate surface area is 157 Å². The normalized spacial score (nSPS) is 16.4. The molecule has 1 aromatic heterocycles. The monoisotopic (exact) mass is 378 g/mol. The molecule has 1 saturated carbocycles. The molecular weight excluding hydrogens is 354 g/mol. The van der Waals surface area contributed by atoms with Gasteiger partial charge in [0.2, 0.25) is 0 Å². The second kappa shape index (κ2) is 8.10. The first-order chi connectivity index (χ1) is 12.5. The van der Waals surface area contributed by atoms with E-state index >= 15 is 0 Å². The molecule has 1 aromatic carbocycles. The van der Waals surface area contributed by atoms with Crippen molar-refractivity contribution in [3.05, 3.63) is 28.9 Å². The highest BCUT2D eigenvalue weighted by Crippen LogP contribution is 2.33. The number of carbonyl (C=O) groups excluding carboxylic acids is 2. The minimum atomic E-state index is -0.541. The predicted octanol–water partition coefficient (Wildman–Crippen LogP) is 2.39. The Morgan fingerprint density at radius 1 is 1.31 bits per heavy atom. The van der Waals surface area contributed by atoms with E-state index in [2.05, 4.69) is 17.3 Å². The number of amides is 1. The highest BCUT2D eigenvalue weighted by molar-refractivity contribution is 6.37. The Morgan fingerprint density at radius 2 is 2.04 bits per heavy atom. The predicted molar refractivity (Wildman–Crippen MR) is 102 cm³/mol. The number of fused-ring (bicyclic) bond motifs is 1. The van der Waals surface area contributed by atoms with Crippen LogP contribution in [0.2, 0.25) is 5.02 Å². The van der Waals surface area contributed by atoms with E-state index in [1.54, 1.807) is 12.1 Å². The minimum Gasteiger partial charge on any atom is -0.464 e. The van der Waals surface area contributed by atoms with Gasteiger partial charge in [-0.15, -0.1) is 0 Å². The van der Waals surface area contributed by atoms with Gasteiger partial charge in [0.05, 0.1) is 30.9 Å². The summed E-state index contributed by atoms with van der Waals surface area (Å²) in [4.78, 5) is 29.0. The number of aromatic amines is 1. The number of ether oxygens (including phenoxy) is 1. The molecule has 0 radical (unpaired) electrons. The first-order valence-electron chi connectivity index (χ1n) is 9.02. The van der Waals surface area contributed by atoms with Gasteiger partial charge in [0.25, 0.3) is 5.91 Å². The van der Waals surface area contributed by atoms with E-state index in [1.807, 2.05) is 6.07 Å². The van der Waals surface area contributed by atoms with Crippen LogP contribution in [-0.4, -0.2) is 43.6 Å². The maximum absolute atomic E-state index is 12.6. The van der Waals surface area contributed by atoms with Crippen molar-refractivity contribution < 1.29 is 19.2 Å². The molecule has 1 heterocycles. The topological polar surface area (TPSA) is 75.6 Å². The highest BCUT2D eigenvalue weighted by Gasteiger charge is 2.26. The van der Waals surface area contributed by atoms with E-state index in [0.29, 0.717) is 34.2 Å². The Morgan fingerprint density at radius 3 is 2.73 bits per heavy atom. The number of carbonyl (C=O) groups is 2. The molecule has 2 aromatic rings. The van der Waals surface area contributed by atoms with Crippen molar-refractivity contribution in [2.45, 2.75) is 38.1 Å². The van der Waals surface area contributed by atoms with Crippen molar-refractivity contribution >= 4 is 40.1 Å².